The molecule has 1 aliphatic carbocycles. The van der Waals surface area contributed by atoms with Crippen LogP contribution in [-0.2, 0) is 6.42 Å². The lowest BCUT2D eigenvalue weighted by atomic mass is 9.97. The van der Waals surface area contributed by atoms with Crippen molar-refractivity contribution in [1.82, 2.24) is 4.98 Å². The third kappa shape index (κ3) is 1.89. The monoisotopic (exact) mass is 215 g/mol. The molecular weight excluding hydrogens is 202 g/mol. The van der Waals surface area contributed by atoms with E-state index in [-0.39, 0.29) is 5.38 Å². The first-order valence-electron chi connectivity index (χ1n) is 4.67. The zero-order valence-corrected chi connectivity index (χ0v) is 9.58. The molecule has 0 aromatic carbocycles. The molecule has 0 aliphatic heterocycles. The van der Waals surface area contributed by atoms with Gasteiger partial charge in [0.25, 0.3) is 0 Å². The van der Waals surface area contributed by atoms with Gasteiger partial charge in [0.15, 0.2) is 0 Å². The number of halogens is 1. The number of hydrogen-bond acceptors (Lipinski definition) is 2. The zero-order valence-electron chi connectivity index (χ0n) is 8.01. The van der Waals surface area contributed by atoms with Gasteiger partial charge in [-0.3, -0.25) is 0 Å². The minimum absolute atomic E-state index is 0.287. The van der Waals surface area contributed by atoms with E-state index >= 15 is 0 Å². The van der Waals surface area contributed by atoms with Gasteiger partial charge in [-0.15, -0.1) is 22.9 Å². The Bertz CT molecular complexity index is 302. The Morgan fingerprint density at radius 2 is 2.38 bits per heavy atom. The second kappa shape index (κ2) is 3.25. The summed E-state index contributed by atoms with van der Waals surface area (Å²) in [4.78, 5) is 4.48. The number of hydrogen-bond donors (Lipinski definition) is 0. The first-order valence-corrected chi connectivity index (χ1v) is 5.99. The topological polar surface area (TPSA) is 12.9 Å². The second-order valence-corrected chi connectivity index (χ2v) is 5.73. The van der Waals surface area contributed by atoms with Gasteiger partial charge in [-0.2, -0.15) is 0 Å². The maximum Gasteiger partial charge on any atom is 0.0897 e. The summed E-state index contributed by atoms with van der Waals surface area (Å²) in [7, 11) is 0. The summed E-state index contributed by atoms with van der Waals surface area (Å²) >= 11 is 7.89. The minimum Gasteiger partial charge on any atom is -0.247 e. The van der Waals surface area contributed by atoms with Crippen molar-refractivity contribution >= 4 is 22.9 Å². The third-order valence-electron chi connectivity index (χ3n) is 2.94. The van der Waals surface area contributed by atoms with Gasteiger partial charge in [0, 0.05) is 10.8 Å². The van der Waals surface area contributed by atoms with E-state index in [9.17, 15) is 0 Å². The van der Waals surface area contributed by atoms with Gasteiger partial charge in [-0.1, -0.05) is 0 Å². The molecular formula is C10H14ClNS. The lowest BCUT2D eigenvalue weighted by Crippen LogP contribution is -2.15. The van der Waals surface area contributed by atoms with Crippen LogP contribution in [0.3, 0.4) is 0 Å². The molecule has 1 nitrogen and oxygen atoms in total. The minimum atomic E-state index is 0.287. The number of aromatic nitrogens is 1. The molecule has 1 heterocycles. The van der Waals surface area contributed by atoms with Crippen LogP contribution in [0.2, 0.25) is 0 Å². The Balaban J connectivity index is 2.06. The molecule has 1 fully saturated rings. The fourth-order valence-corrected chi connectivity index (χ4v) is 2.63. The van der Waals surface area contributed by atoms with E-state index in [0.717, 1.165) is 11.4 Å². The van der Waals surface area contributed by atoms with Gasteiger partial charge in [-0.05, 0) is 38.5 Å². The van der Waals surface area contributed by atoms with Gasteiger partial charge < -0.3 is 0 Å². The summed E-state index contributed by atoms with van der Waals surface area (Å²) < 4.78 is 0. The number of thiazole rings is 1. The molecule has 1 saturated carbocycles. The Morgan fingerprint density at radius 1 is 1.69 bits per heavy atom. The van der Waals surface area contributed by atoms with Gasteiger partial charge in [0.1, 0.15) is 0 Å². The first-order chi connectivity index (χ1) is 6.12. The van der Waals surface area contributed by atoms with Crippen LogP contribution in [0.1, 0.15) is 30.5 Å². The lowest BCUT2D eigenvalue weighted by Gasteiger charge is -2.15. The molecule has 1 aromatic rings. The molecule has 1 atom stereocenters. The predicted molar refractivity (Wildman–Crippen MR) is 57.5 cm³/mol. The summed E-state index contributed by atoms with van der Waals surface area (Å²) in [6.45, 7) is 4.16. The lowest BCUT2D eigenvalue weighted by molar-refractivity contribution is 0.491. The van der Waals surface area contributed by atoms with E-state index < -0.39 is 0 Å². The Kier molecular flexibility index (Phi) is 2.37. The highest BCUT2D eigenvalue weighted by molar-refractivity contribution is 7.09. The summed E-state index contributed by atoms with van der Waals surface area (Å²) in [5.74, 6) is 0. The largest absolute Gasteiger partial charge is 0.247 e. The highest BCUT2D eigenvalue weighted by Crippen LogP contribution is 2.53. The molecule has 0 bridgehead atoms. The van der Waals surface area contributed by atoms with E-state index in [2.05, 4.69) is 24.2 Å². The maximum atomic E-state index is 6.16. The van der Waals surface area contributed by atoms with Crippen molar-refractivity contribution in [2.75, 3.05) is 0 Å². The molecule has 0 radical (unpaired) electrons. The van der Waals surface area contributed by atoms with Crippen LogP contribution in [0.15, 0.2) is 5.38 Å². The normalized spacial score (nSPS) is 21.5. The fourth-order valence-electron chi connectivity index (χ4n) is 1.73. The van der Waals surface area contributed by atoms with Crippen molar-refractivity contribution in [3.63, 3.8) is 0 Å². The zero-order chi connectivity index (χ0) is 9.47. The number of rotatable bonds is 3. The van der Waals surface area contributed by atoms with Gasteiger partial charge in [0.2, 0.25) is 0 Å². The highest BCUT2D eigenvalue weighted by Gasteiger charge is 2.46. The number of nitrogens with zero attached hydrogens (tertiary/aromatic N) is 1. The molecule has 13 heavy (non-hydrogen) atoms. The Labute approximate surface area is 88.1 Å². The second-order valence-electron chi connectivity index (χ2n) is 4.01. The molecule has 0 spiro atoms. The van der Waals surface area contributed by atoms with Crippen LogP contribution < -0.4 is 0 Å². The molecule has 2 rings (SSSR count). The number of aryl methyl sites for hydroxylation is 1. The number of alkyl halides is 1. The molecule has 1 aromatic heterocycles. The first kappa shape index (κ1) is 9.47. The molecule has 3 heteroatoms. The van der Waals surface area contributed by atoms with Crippen molar-refractivity contribution in [2.24, 2.45) is 5.41 Å². The predicted octanol–water partition coefficient (Wildman–Crippen LogP) is 3.40. The quantitative estimate of drug-likeness (QED) is 0.705. The maximum absolute atomic E-state index is 6.16. The average molecular weight is 216 g/mol. The van der Waals surface area contributed by atoms with Gasteiger partial charge in [0.05, 0.1) is 10.7 Å². The molecule has 0 N–H and O–H groups in total. The third-order valence-corrected chi connectivity index (χ3v) is 4.22. The van der Waals surface area contributed by atoms with E-state index in [1.54, 1.807) is 11.3 Å². The smallest absolute Gasteiger partial charge is 0.0897 e. The fraction of sp³-hybridized carbons (Fsp3) is 0.700. The van der Waals surface area contributed by atoms with Crippen LogP contribution in [0.25, 0.3) is 0 Å². The van der Waals surface area contributed by atoms with Gasteiger partial charge in [-0.25, -0.2) is 4.98 Å². The highest BCUT2D eigenvalue weighted by atomic mass is 35.5. The molecule has 1 aliphatic rings. The van der Waals surface area contributed by atoms with Crippen LogP contribution in [0.5, 0.6) is 0 Å². The average Bonchev–Trinajstić information content (AvgIpc) is 2.72. The summed E-state index contributed by atoms with van der Waals surface area (Å²) in [6.07, 6.45) is 3.62. The summed E-state index contributed by atoms with van der Waals surface area (Å²) in [6, 6.07) is 0. The van der Waals surface area contributed by atoms with Crippen molar-refractivity contribution in [3.05, 3.63) is 16.1 Å². The van der Waals surface area contributed by atoms with E-state index in [1.807, 2.05) is 0 Å². The van der Waals surface area contributed by atoms with Gasteiger partial charge >= 0.3 is 0 Å². The Hall–Kier alpha value is -0.0800. The molecule has 72 valence electrons. The van der Waals surface area contributed by atoms with Crippen molar-refractivity contribution in [2.45, 2.75) is 38.5 Å². The van der Waals surface area contributed by atoms with E-state index in [0.29, 0.717) is 5.41 Å². The molecule has 1 unspecified atom stereocenters. The van der Waals surface area contributed by atoms with Crippen LogP contribution in [0, 0.1) is 12.3 Å². The summed E-state index contributed by atoms with van der Waals surface area (Å²) in [5, 5.41) is 3.61. The van der Waals surface area contributed by atoms with Crippen molar-refractivity contribution < 1.29 is 0 Å². The molecule has 0 saturated heterocycles. The standard InChI is InChI=1S/C10H14ClNS/c1-7(11)10(3-4-10)5-9-6-13-8(2)12-9/h6-7H,3-5H2,1-2H3. The van der Waals surface area contributed by atoms with Crippen LogP contribution in [0.4, 0.5) is 0 Å². The SMILES string of the molecule is Cc1nc(CC2(C(C)Cl)CC2)cs1. The van der Waals surface area contributed by atoms with E-state index in [4.69, 9.17) is 11.6 Å². The van der Waals surface area contributed by atoms with Crippen LogP contribution in [-0.4, -0.2) is 10.4 Å². The Morgan fingerprint density at radius 3 is 2.77 bits per heavy atom. The summed E-state index contributed by atoms with van der Waals surface area (Å²) in [5.41, 5.74) is 1.61. The van der Waals surface area contributed by atoms with Crippen molar-refractivity contribution in [3.8, 4) is 0 Å². The van der Waals surface area contributed by atoms with E-state index in [1.165, 1.54) is 18.5 Å². The molecule has 0 amide bonds. The van der Waals surface area contributed by atoms with Crippen molar-refractivity contribution in [1.29, 1.82) is 0 Å². The van der Waals surface area contributed by atoms with Crippen LogP contribution >= 0.6 is 22.9 Å².